The summed E-state index contributed by atoms with van der Waals surface area (Å²) in [5, 5.41) is 0.581. The van der Waals surface area contributed by atoms with E-state index in [9.17, 15) is 9.59 Å². The van der Waals surface area contributed by atoms with Crippen LogP contribution in [0.15, 0.2) is 78.9 Å². The molecule has 3 aromatic carbocycles. The normalized spacial score (nSPS) is 17.1. The van der Waals surface area contributed by atoms with Crippen LogP contribution in [0.5, 0.6) is 0 Å². The number of halogens is 1. The van der Waals surface area contributed by atoms with Crippen molar-refractivity contribution in [2.75, 3.05) is 16.3 Å². The smallest absolute Gasteiger partial charge is 0.255 e. The van der Waals surface area contributed by atoms with Gasteiger partial charge in [0.05, 0.1) is 0 Å². The van der Waals surface area contributed by atoms with E-state index in [1.54, 1.807) is 34.1 Å². The first-order chi connectivity index (χ1) is 13.6. The van der Waals surface area contributed by atoms with Crippen molar-refractivity contribution in [1.29, 1.82) is 0 Å². The summed E-state index contributed by atoms with van der Waals surface area (Å²) in [6, 6.07) is 23.3. The minimum absolute atomic E-state index is 0.00432. The van der Waals surface area contributed by atoms with Crippen molar-refractivity contribution in [2.24, 2.45) is 0 Å². The van der Waals surface area contributed by atoms with Gasteiger partial charge in [0.15, 0.2) is 0 Å². The van der Waals surface area contributed by atoms with Gasteiger partial charge in [0.2, 0.25) is 5.91 Å². The Morgan fingerprint density at radius 1 is 0.857 bits per heavy atom. The Labute approximate surface area is 169 Å². The van der Waals surface area contributed by atoms with E-state index in [2.05, 4.69) is 0 Å². The molecule has 2 amide bonds. The SMILES string of the molecule is Cc1ccccc1N1CC(=O)N(c2ccc(Cl)cc2)[C@H](c2ccccc2)C1=O. The average molecular weight is 391 g/mol. The van der Waals surface area contributed by atoms with Gasteiger partial charge in [-0.15, -0.1) is 0 Å². The number of hydrogen-bond donors (Lipinski definition) is 0. The highest BCUT2D eigenvalue weighted by molar-refractivity contribution is 6.30. The number of rotatable bonds is 3. The third-order valence-electron chi connectivity index (χ3n) is 4.95. The van der Waals surface area contributed by atoms with Crippen LogP contribution in [-0.2, 0) is 9.59 Å². The van der Waals surface area contributed by atoms with Gasteiger partial charge in [0.25, 0.3) is 5.91 Å². The van der Waals surface area contributed by atoms with Crippen molar-refractivity contribution in [3.8, 4) is 0 Å². The van der Waals surface area contributed by atoms with E-state index < -0.39 is 6.04 Å². The number of nitrogens with zero attached hydrogens (tertiary/aromatic N) is 2. The monoisotopic (exact) mass is 390 g/mol. The Morgan fingerprint density at radius 2 is 1.50 bits per heavy atom. The van der Waals surface area contributed by atoms with Gasteiger partial charge in [0.1, 0.15) is 12.6 Å². The van der Waals surface area contributed by atoms with Crippen LogP contribution in [0.25, 0.3) is 0 Å². The third kappa shape index (κ3) is 3.27. The summed E-state index contributed by atoms with van der Waals surface area (Å²) in [6.07, 6.45) is 0. The van der Waals surface area contributed by atoms with Gasteiger partial charge in [-0.2, -0.15) is 0 Å². The molecule has 0 bridgehead atoms. The molecule has 1 aliphatic heterocycles. The van der Waals surface area contributed by atoms with E-state index in [-0.39, 0.29) is 18.4 Å². The topological polar surface area (TPSA) is 40.6 Å². The van der Waals surface area contributed by atoms with Gasteiger partial charge in [-0.1, -0.05) is 60.1 Å². The molecule has 0 spiro atoms. The van der Waals surface area contributed by atoms with E-state index in [0.717, 1.165) is 16.8 Å². The molecule has 0 N–H and O–H groups in total. The number of benzene rings is 3. The first-order valence-corrected chi connectivity index (χ1v) is 9.43. The zero-order chi connectivity index (χ0) is 19.7. The van der Waals surface area contributed by atoms with Crippen LogP contribution in [0.4, 0.5) is 11.4 Å². The number of aryl methyl sites for hydroxylation is 1. The first kappa shape index (κ1) is 18.3. The fourth-order valence-electron chi connectivity index (χ4n) is 3.58. The lowest BCUT2D eigenvalue weighted by atomic mass is 9.99. The maximum atomic E-state index is 13.6. The molecule has 4 nitrogen and oxygen atoms in total. The summed E-state index contributed by atoms with van der Waals surface area (Å²) in [6.45, 7) is 1.94. The molecular weight excluding hydrogens is 372 g/mol. The number of anilines is 2. The number of amides is 2. The number of carbonyl (C=O) groups is 2. The Morgan fingerprint density at radius 3 is 2.18 bits per heavy atom. The Bertz CT molecular complexity index is 1020. The molecule has 140 valence electrons. The number of carbonyl (C=O) groups excluding carboxylic acids is 2. The van der Waals surface area contributed by atoms with Crippen LogP contribution in [0.1, 0.15) is 17.2 Å². The molecular formula is C23H19ClN2O2. The van der Waals surface area contributed by atoms with Crippen LogP contribution < -0.4 is 9.80 Å². The molecule has 0 aromatic heterocycles. The molecule has 1 heterocycles. The predicted molar refractivity (Wildman–Crippen MR) is 112 cm³/mol. The van der Waals surface area contributed by atoms with Crippen molar-refractivity contribution in [3.63, 3.8) is 0 Å². The molecule has 28 heavy (non-hydrogen) atoms. The molecule has 0 unspecified atom stereocenters. The molecule has 0 saturated carbocycles. The van der Waals surface area contributed by atoms with E-state index in [1.165, 1.54) is 0 Å². The minimum atomic E-state index is -0.733. The lowest BCUT2D eigenvalue weighted by Crippen LogP contribution is -2.56. The summed E-state index contributed by atoms with van der Waals surface area (Å²) in [5.41, 5.74) is 3.14. The third-order valence-corrected chi connectivity index (χ3v) is 5.20. The van der Waals surface area contributed by atoms with Gasteiger partial charge in [-0.05, 0) is 48.4 Å². The van der Waals surface area contributed by atoms with E-state index in [0.29, 0.717) is 10.7 Å². The minimum Gasteiger partial charge on any atom is -0.301 e. The lowest BCUT2D eigenvalue weighted by molar-refractivity contribution is -0.128. The molecule has 1 atom stereocenters. The van der Waals surface area contributed by atoms with Gasteiger partial charge in [0, 0.05) is 16.4 Å². The van der Waals surface area contributed by atoms with Crippen LogP contribution in [0.2, 0.25) is 5.02 Å². The van der Waals surface area contributed by atoms with Crippen LogP contribution in [-0.4, -0.2) is 18.4 Å². The second-order valence-electron chi connectivity index (χ2n) is 6.76. The maximum absolute atomic E-state index is 13.6. The zero-order valence-corrected chi connectivity index (χ0v) is 16.1. The highest BCUT2D eigenvalue weighted by Gasteiger charge is 2.42. The standard InChI is InChI=1S/C23H19ClN2O2/c1-16-7-5-6-10-20(16)25-15-21(27)26(19-13-11-18(24)12-14-19)22(23(25)28)17-8-3-2-4-9-17/h2-14,22H,15H2,1H3/t22-/m1/s1. The summed E-state index contributed by atoms with van der Waals surface area (Å²) in [5.74, 6) is -0.269. The average Bonchev–Trinajstić information content (AvgIpc) is 2.71. The predicted octanol–water partition coefficient (Wildman–Crippen LogP) is 4.77. The van der Waals surface area contributed by atoms with E-state index in [1.807, 2.05) is 61.5 Å². The number of piperazine rings is 1. The molecule has 0 aliphatic carbocycles. The van der Waals surface area contributed by atoms with Gasteiger partial charge >= 0.3 is 0 Å². The Balaban J connectivity index is 1.82. The molecule has 3 aromatic rings. The Kier molecular flexibility index (Phi) is 4.88. The first-order valence-electron chi connectivity index (χ1n) is 9.06. The van der Waals surface area contributed by atoms with Gasteiger partial charge in [-0.25, -0.2) is 0 Å². The summed E-state index contributed by atoms with van der Waals surface area (Å²) >= 11 is 6.01. The molecule has 1 saturated heterocycles. The van der Waals surface area contributed by atoms with E-state index in [4.69, 9.17) is 11.6 Å². The quantitative estimate of drug-likeness (QED) is 0.646. The van der Waals surface area contributed by atoms with Crippen LogP contribution >= 0.6 is 11.6 Å². The summed E-state index contributed by atoms with van der Waals surface area (Å²) in [4.78, 5) is 29.9. The van der Waals surface area contributed by atoms with Crippen molar-refractivity contribution < 1.29 is 9.59 Å². The van der Waals surface area contributed by atoms with Crippen molar-refractivity contribution in [3.05, 3.63) is 95.0 Å². The van der Waals surface area contributed by atoms with Crippen LogP contribution in [0, 0.1) is 6.92 Å². The van der Waals surface area contributed by atoms with Crippen molar-refractivity contribution in [2.45, 2.75) is 13.0 Å². The lowest BCUT2D eigenvalue weighted by Gasteiger charge is -2.41. The Hall–Kier alpha value is -3.11. The molecule has 0 radical (unpaired) electrons. The van der Waals surface area contributed by atoms with Gasteiger partial charge < -0.3 is 4.90 Å². The maximum Gasteiger partial charge on any atom is 0.255 e. The number of para-hydroxylation sites is 1. The second-order valence-corrected chi connectivity index (χ2v) is 7.20. The van der Waals surface area contributed by atoms with Crippen LogP contribution in [0.3, 0.4) is 0 Å². The fraction of sp³-hybridized carbons (Fsp3) is 0.130. The largest absolute Gasteiger partial charge is 0.301 e. The molecule has 4 rings (SSSR count). The fourth-order valence-corrected chi connectivity index (χ4v) is 3.71. The van der Waals surface area contributed by atoms with Crippen molar-refractivity contribution in [1.82, 2.24) is 0 Å². The second kappa shape index (κ2) is 7.49. The molecule has 1 aliphatic rings. The summed E-state index contributed by atoms with van der Waals surface area (Å²) < 4.78 is 0. The highest BCUT2D eigenvalue weighted by atomic mass is 35.5. The van der Waals surface area contributed by atoms with Crippen molar-refractivity contribution >= 4 is 34.8 Å². The molecule has 5 heteroatoms. The number of hydrogen-bond acceptors (Lipinski definition) is 2. The summed E-state index contributed by atoms with van der Waals surface area (Å²) in [7, 11) is 0. The highest BCUT2D eigenvalue weighted by Crippen LogP contribution is 2.35. The van der Waals surface area contributed by atoms with Gasteiger partial charge in [-0.3, -0.25) is 14.5 Å². The van der Waals surface area contributed by atoms with E-state index >= 15 is 0 Å². The molecule has 1 fully saturated rings. The zero-order valence-electron chi connectivity index (χ0n) is 15.4.